The van der Waals surface area contributed by atoms with Crippen LogP contribution in [-0.2, 0) is 0 Å². The van der Waals surface area contributed by atoms with Gasteiger partial charge in [-0.15, -0.1) is 11.3 Å². The lowest BCUT2D eigenvalue weighted by Crippen LogP contribution is -2.05. The van der Waals surface area contributed by atoms with Crippen LogP contribution in [0.4, 0.5) is 0 Å². The van der Waals surface area contributed by atoms with E-state index < -0.39 is 5.97 Å². The number of carboxylic acids is 1. The summed E-state index contributed by atoms with van der Waals surface area (Å²) in [4.78, 5) is 14.8. The van der Waals surface area contributed by atoms with Crippen molar-refractivity contribution in [3.8, 4) is 0 Å². The number of hydrogen-bond acceptors (Lipinski definition) is 4. The van der Waals surface area contributed by atoms with Crippen molar-refractivity contribution >= 4 is 23.4 Å². The average Bonchev–Trinajstić information content (AvgIpc) is 2.61. The molecule has 0 radical (unpaired) electrons. The molecule has 0 atom stereocenters. The van der Waals surface area contributed by atoms with Gasteiger partial charge in [0.05, 0.1) is 6.20 Å². The predicted molar refractivity (Wildman–Crippen MR) is 56.7 cm³/mol. The molecule has 2 N–H and O–H groups in total. The van der Waals surface area contributed by atoms with Crippen LogP contribution in [0, 0.1) is 0 Å². The van der Waals surface area contributed by atoms with Gasteiger partial charge in [-0.1, -0.05) is 6.08 Å². The molecule has 0 saturated carbocycles. The molecule has 0 bridgehead atoms. The Hall–Kier alpha value is -1.20. The van der Waals surface area contributed by atoms with Gasteiger partial charge >= 0.3 is 5.97 Å². The van der Waals surface area contributed by atoms with Gasteiger partial charge in [0.15, 0.2) is 0 Å². The minimum atomic E-state index is -0.919. The Bertz CT molecular complexity index is 333. The highest BCUT2D eigenvalue weighted by atomic mass is 32.1. The fourth-order valence-corrected chi connectivity index (χ4v) is 1.56. The first-order chi connectivity index (χ1) is 6.74. The summed E-state index contributed by atoms with van der Waals surface area (Å²) in [6.45, 7) is 0.910. The second kappa shape index (κ2) is 5.51. The first kappa shape index (κ1) is 10.9. The fraction of sp³-hybridized carbons (Fsp3) is 0.333. The molecule has 0 aromatic carbocycles. The average molecular weight is 212 g/mol. The van der Waals surface area contributed by atoms with E-state index in [1.54, 1.807) is 0 Å². The lowest BCUT2D eigenvalue weighted by Gasteiger charge is -1.89. The molecule has 1 aromatic rings. The van der Waals surface area contributed by atoms with Gasteiger partial charge in [0, 0.05) is 0 Å². The van der Waals surface area contributed by atoms with Crippen LogP contribution in [0.15, 0.2) is 12.3 Å². The van der Waals surface area contributed by atoms with Gasteiger partial charge in [-0.3, -0.25) is 0 Å². The van der Waals surface area contributed by atoms with Crippen molar-refractivity contribution in [2.75, 3.05) is 13.6 Å². The van der Waals surface area contributed by atoms with Crippen LogP contribution in [0.1, 0.15) is 21.1 Å². The second-order valence-corrected chi connectivity index (χ2v) is 3.72. The molecule has 0 aliphatic heterocycles. The van der Waals surface area contributed by atoms with E-state index in [0.29, 0.717) is 0 Å². The van der Waals surface area contributed by atoms with Crippen molar-refractivity contribution in [2.45, 2.75) is 6.42 Å². The van der Waals surface area contributed by atoms with Gasteiger partial charge in [0.25, 0.3) is 0 Å². The van der Waals surface area contributed by atoms with Gasteiger partial charge in [-0.2, -0.15) is 0 Å². The van der Waals surface area contributed by atoms with Crippen molar-refractivity contribution in [1.29, 1.82) is 0 Å². The number of nitrogens with one attached hydrogen (secondary N) is 1. The van der Waals surface area contributed by atoms with Gasteiger partial charge in [-0.25, -0.2) is 9.78 Å². The largest absolute Gasteiger partial charge is 0.477 e. The number of aromatic carboxylic acids is 1. The van der Waals surface area contributed by atoms with E-state index in [9.17, 15) is 4.79 Å². The van der Waals surface area contributed by atoms with E-state index in [-0.39, 0.29) is 4.88 Å². The molecule has 14 heavy (non-hydrogen) atoms. The quantitative estimate of drug-likeness (QED) is 0.725. The van der Waals surface area contributed by atoms with E-state index in [1.807, 2.05) is 19.2 Å². The van der Waals surface area contributed by atoms with Gasteiger partial charge in [0.2, 0.25) is 0 Å². The van der Waals surface area contributed by atoms with Crippen LogP contribution >= 0.6 is 11.3 Å². The first-order valence-corrected chi connectivity index (χ1v) is 5.06. The Balaban J connectivity index is 2.51. The smallest absolute Gasteiger partial charge is 0.347 e. The fourth-order valence-electron chi connectivity index (χ4n) is 0.875. The standard InChI is InChI=1S/C9H12N2O2S/c1-10-5-3-2-4-8-11-6-7(14-8)9(12)13/h2,4,6,10H,3,5H2,1H3,(H,12,13). The maximum absolute atomic E-state index is 10.5. The van der Waals surface area contributed by atoms with Crippen LogP contribution in [0.5, 0.6) is 0 Å². The highest BCUT2D eigenvalue weighted by Crippen LogP contribution is 2.14. The van der Waals surface area contributed by atoms with E-state index in [0.717, 1.165) is 18.0 Å². The number of carbonyl (C=O) groups is 1. The number of hydrogen-bond donors (Lipinski definition) is 2. The molecular formula is C9H12N2O2S. The SMILES string of the molecule is CNCCC=Cc1ncc(C(=O)O)s1. The van der Waals surface area contributed by atoms with Crippen LogP contribution in [0.2, 0.25) is 0 Å². The molecule has 0 fully saturated rings. The zero-order valence-electron chi connectivity index (χ0n) is 7.86. The van der Waals surface area contributed by atoms with Crippen LogP contribution in [0.25, 0.3) is 6.08 Å². The third-order valence-electron chi connectivity index (χ3n) is 1.56. The number of thiazole rings is 1. The summed E-state index contributed by atoms with van der Waals surface area (Å²) in [5.74, 6) is -0.919. The van der Waals surface area contributed by atoms with Crippen molar-refractivity contribution in [1.82, 2.24) is 10.3 Å². The predicted octanol–water partition coefficient (Wildman–Crippen LogP) is 1.46. The second-order valence-electron chi connectivity index (χ2n) is 2.66. The molecule has 76 valence electrons. The third kappa shape index (κ3) is 3.27. The molecular weight excluding hydrogens is 200 g/mol. The summed E-state index contributed by atoms with van der Waals surface area (Å²) >= 11 is 1.18. The van der Waals surface area contributed by atoms with E-state index in [4.69, 9.17) is 5.11 Å². The number of rotatable bonds is 5. The minimum Gasteiger partial charge on any atom is -0.477 e. The highest BCUT2D eigenvalue weighted by molar-refractivity contribution is 7.14. The summed E-state index contributed by atoms with van der Waals surface area (Å²) in [6.07, 6.45) is 6.11. The maximum atomic E-state index is 10.5. The van der Waals surface area contributed by atoms with Crippen molar-refractivity contribution in [3.05, 3.63) is 22.2 Å². The highest BCUT2D eigenvalue weighted by Gasteiger charge is 2.05. The lowest BCUT2D eigenvalue weighted by molar-refractivity contribution is 0.0702. The normalized spacial score (nSPS) is 10.9. The van der Waals surface area contributed by atoms with Crippen molar-refractivity contribution in [2.24, 2.45) is 0 Å². The van der Waals surface area contributed by atoms with Crippen LogP contribution < -0.4 is 5.32 Å². The molecule has 0 aliphatic rings. The third-order valence-corrected chi connectivity index (χ3v) is 2.51. The van der Waals surface area contributed by atoms with Gasteiger partial charge in [-0.05, 0) is 26.1 Å². The van der Waals surface area contributed by atoms with E-state index >= 15 is 0 Å². The number of aromatic nitrogens is 1. The first-order valence-electron chi connectivity index (χ1n) is 4.24. The minimum absolute atomic E-state index is 0.276. The Labute approximate surface area is 86.3 Å². The summed E-state index contributed by atoms with van der Waals surface area (Å²) in [5, 5.41) is 12.4. The Morgan fingerprint density at radius 3 is 3.14 bits per heavy atom. The number of nitrogens with zero attached hydrogens (tertiary/aromatic N) is 1. The molecule has 1 heterocycles. The zero-order valence-corrected chi connectivity index (χ0v) is 8.67. The molecule has 0 amide bonds. The summed E-state index contributed by atoms with van der Waals surface area (Å²) in [5.41, 5.74) is 0. The maximum Gasteiger partial charge on any atom is 0.347 e. The van der Waals surface area contributed by atoms with E-state index in [2.05, 4.69) is 10.3 Å². The molecule has 0 unspecified atom stereocenters. The van der Waals surface area contributed by atoms with Crippen molar-refractivity contribution in [3.63, 3.8) is 0 Å². The molecule has 1 rings (SSSR count). The van der Waals surface area contributed by atoms with Gasteiger partial charge < -0.3 is 10.4 Å². The molecule has 0 saturated heterocycles. The van der Waals surface area contributed by atoms with Crippen molar-refractivity contribution < 1.29 is 9.90 Å². The van der Waals surface area contributed by atoms with Crippen LogP contribution in [0.3, 0.4) is 0 Å². The van der Waals surface area contributed by atoms with Crippen LogP contribution in [-0.4, -0.2) is 29.7 Å². The Morgan fingerprint density at radius 1 is 1.79 bits per heavy atom. The lowest BCUT2D eigenvalue weighted by atomic mass is 10.4. The molecule has 0 aliphatic carbocycles. The summed E-state index contributed by atoms with van der Waals surface area (Å²) in [6, 6.07) is 0. The Kier molecular flexibility index (Phi) is 4.28. The topological polar surface area (TPSA) is 62.2 Å². The van der Waals surface area contributed by atoms with E-state index in [1.165, 1.54) is 17.5 Å². The molecule has 1 aromatic heterocycles. The van der Waals surface area contributed by atoms with Gasteiger partial charge in [0.1, 0.15) is 9.88 Å². The molecule has 0 spiro atoms. The zero-order chi connectivity index (χ0) is 10.4. The summed E-state index contributed by atoms with van der Waals surface area (Å²) < 4.78 is 0. The molecule has 4 nitrogen and oxygen atoms in total. The monoisotopic (exact) mass is 212 g/mol. The summed E-state index contributed by atoms with van der Waals surface area (Å²) in [7, 11) is 1.89. The molecule has 5 heteroatoms. The number of carboxylic acid groups (broad SMARTS) is 1. The Morgan fingerprint density at radius 2 is 2.57 bits per heavy atom.